The van der Waals surface area contributed by atoms with E-state index in [9.17, 15) is 9.59 Å². The van der Waals surface area contributed by atoms with Crippen LogP contribution in [0.2, 0.25) is 0 Å². The number of rotatable bonds is 7. The third-order valence-electron chi connectivity index (χ3n) is 5.03. The van der Waals surface area contributed by atoms with Gasteiger partial charge in [-0.3, -0.25) is 4.79 Å². The summed E-state index contributed by atoms with van der Waals surface area (Å²) >= 11 is 0. The second-order valence-corrected chi connectivity index (χ2v) is 6.81. The summed E-state index contributed by atoms with van der Waals surface area (Å²) in [6, 6.07) is 3.91. The van der Waals surface area contributed by atoms with E-state index in [1.54, 1.807) is 18.4 Å². The number of furan rings is 1. The van der Waals surface area contributed by atoms with Crippen LogP contribution in [-0.4, -0.2) is 60.0 Å². The predicted octanol–water partition coefficient (Wildman–Crippen LogP) is 1.55. The van der Waals surface area contributed by atoms with Crippen molar-refractivity contribution in [2.45, 2.75) is 51.2 Å². The predicted molar refractivity (Wildman–Crippen MR) is 94.0 cm³/mol. The first-order valence-corrected chi connectivity index (χ1v) is 9.25. The van der Waals surface area contributed by atoms with Crippen molar-refractivity contribution in [1.29, 1.82) is 0 Å². The molecule has 1 aromatic rings. The Morgan fingerprint density at radius 2 is 1.92 bits per heavy atom. The van der Waals surface area contributed by atoms with E-state index < -0.39 is 0 Å². The van der Waals surface area contributed by atoms with Crippen molar-refractivity contribution < 1.29 is 14.0 Å². The molecule has 2 N–H and O–H groups in total. The molecular weight excluding hydrogens is 320 g/mol. The molecule has 1 aromatic heterocycles. The van der Waals surface area contributed by atoms with Gasteiger partial charge in [0.25, 0.3) is 0 Å². The normalized spacial score (nSPS) is 18.8. The van der Waals surface area contributed by atoms with Crippen LogP contribution in [0.25, 0.3) is 0 Å². The van der Waals surface area contributed by atoms with Crippen LogP contribution in [0.15, 0.2) is 22.8 Å². The van der Waals surface area contributed by atoms with Crippen LogP contribution in [0.4, 0.5) is 4.79 Å². The van der Waals surface area contributed by atoms with Gasteiger partial charge in [0.05, 0.1) is 19.4 Å². The molecule has 138 valence electrons. The third kappa shape index (κ3) is 4.98. The Morgan fingerprint density at radius 3 is 2.52 bits per heavy atom. The van der Waals surface area contributed by atoms with Crippen molar-refractivity contribution in [2.75, 3.05) is 26.2 Å². The molecule has 25 heavy (non-hydrogen) atoms. The van der Waals surface area contributed by atoms with Gasteiger partial charge in [-0.1, -0.05) is 6.92 Å². The molecule has 0 radical (unpaired) electrons. The average Bonchev–Trinajstić information content (AvgIpc) is 3.32. The molecule has 0 bridgehead atoms. The van der Waals surface area contributed by atoms with Gasteiger partial charge in [0, 0.05) is 25.2 Å². The highest BCUT2D eigenvalue weighted by molar-refractivity contribution is 5.84. The van der Waals surface area contributed by atoms with Crippen LogP contribution in [0.5, 0.6) is 0 Å². The number of hydrogen-bond donors (Lipinski definition) is 2. The van der Waals surface area contributed by atoms with Gasteiger partial charge in [0.1, 0.15) is 5.76 Å². The average molecular weight is 348 g/mol. The van der Waals surface area contributed by atoms with Gasteiger partial charge in [0.15, 0.2) is 0 Å². The largest absolute Gasteiger partial charge is 0.467 e. The summed E-state index contributed by atoms with van der Waals surface area (Å²) in [7, 11) is 0. The van der Waals surface area contributed by atoms with Crippen LogP contribution >= 0.6 is 0 Å². The zero-order chi connectivity index (χ0) is 17.6. The highest BCUT2D eigenvalue weighted by Gasteiger charge is 2.38. The van der Waals surface area contributed by atoms with Crippen molar-refractivity contribution in [2.24, 2.45) is 0 Å². The number of nitrogens with one attached hydrogen (secondary N) is 2. The summed E-state index contributed by atoms with van der Waals surface area (Å²) < 4.78 is 5.16. The Morgan fingerprint density at radius 1 is 1.20 bits per heavy atom. The van der Waals surface area contributed by atoms with E-state index in [0.717, 1.165) is 45.3 Å². The summed E-state index contributed by atoms with van der Waals surface area (Å²) in [5, 5.41) is 5.37. The summed E-state index contributed by atoms with van der Waals surface area (Å²) in [6.07, 6.45) is 5.80. The summed E-state index contributed by atoms with van der Waals surface area (Å²) in [5.74, 6) is 0.717. The number of likely N-dealkylation sites (tertiary alicyclic amines) is 1. The van der Waals surface area contributed by atoms with Crippen LogP contribution in [0, 0.1) is 0 Å². The van der Waals surface area contributed by atoms with Crippen molar-refractivity contribution in [3.8, 4) is 0 Å². The molecule has 7 nitrogen and oxygen atoms in total. The molecule has 1 aliphatic carbocycles. The molecule has 0 atom stereocenters. The number of nitrogens with zero attached hydrogens (tertiary/aromatic N) is 2. The molecular formula is C18H28N4O3. The SMILES string of the molecule is CCN1CCC(N(C(=O)CNC(=O)NCc2ccco2)C2CC2)CC1. The molecule has 3 rings (SSSR count). The second kappa shape index (κ2) is 8.38. The molecule has 1 aliphatic heterocycles. The first-order chi connectivity index (χ1) is 12.2. The van der Waals surface area contributed by atoms with Gasteiger partial charge in [-0.25, -0.2) is 4.79 Å². The summed E-state index contributed by atoms with van der Waals surface area (Å²) in [4.78, 5) is 29.0. The van der Waals surface area contributed by atoms with Crippen molar-refractivity contribution in [3.63, 3.8) is 0 Å². The smallest absolute Gasteiger partial charge is 0.315 e. The minimum absolute atomic E-state index is 0.0330. The maximum absolute atomic E-state index is 12.7. The quantitative estimate of drug-likeness (QED) is 0.784. The fraction of sp³-hybridized carbons (Fsp3) is 0.667. The second-order valence-electron chi connectivity index (χ2n) is 6.81. The Bertz CT molecular complexity index is 563. The van der Waals surface area contributed by atoms with E-state index in [-0.39, 0.29) is 18.5 Å². The lowest BCUT2D eigenvalue weighted by molar-refractivity contribution is -0.134. The van der Waals surface area contributed by atoms with Gasteiger partial charge in [-0.15, -0.1) is 0 Å². The Balaban J connectivity index is 1.44. The van der Waals surface area contributed by atoms with E-state index in [1.165, 1.54) is 0 Å². The number of urea groups is 1. The standard InChI is InChI=1S/C18H28N4O3/c1-2-21-9-7-15(8-10-21)22(14-5-6-14)17(23)13-20-18(24)19-12-16-4-3-11-25-16/h3-4,11,14-15H,2,5-10,12-13H2,1H3,(H2,19,20,24). The van der Waals surface area contributed by atoms with Crippen molar-refractivity contribution >= 4 is 11.9 Å². The lowest BCUT2D eigenvalue weighted by Crippen LogP contribution is -2.51. The monoisotopic (exact) mass is 348 g/mol. The molecule has 1 saturated carbocycles. The number of hydrogen-bond acceptors (Lipinski definition) is 4. The van der Waals surface area contributed by atoms with Crippen molar-refractivity contribution in [3.05, 3.63) is 24.2 Å². The van der Waals surface area contributed by atoms with Crippen molar-refractivity contribution in [1.82, 2.24) is 20.4 Å². The van der Waals surface area contributed by atoms with Crippen LogP contribution in [0.1, 0.15) is 38.4 Å². The van der Waals surface area contributed by atoms with Crippen LogP contribution < -0.4 is 10.6 Å². The van der Waals surface area contributed by atoms with E-state index >= 15 is 0 Å². The first-order valence-electron chi connectivity index (χ1n) is 9.25. The highest BCUT2D eigenvalue weighted by Crippen LogP contribution is 2.31. The zero-order valence-electron chi connectivity index (χ0n) is 14.9. The Hall–Kier alpha value is -2.02. The number of amides is 3. The molecule has 0 unspecified atom stereocenters. The number of carbonyl (C=O) groups excluding carboxylic acids is 2. The molecule has 2 aliphatic rings. The molecule has 0 aromatic carbocycles. The fourth-order valence-corrected chi connectivity index (χ4v) is 3.46. The van der Waals surface area contributed by atoms with Crippen LogP contribution in [-0.2, 0) is 11.3 Å². The van der Waals surface area contributed by atoms with Gasteiger partial charge < -0.3 is 24.9 Å². The lowest BCUT2D eigenvalue weighted by atomic mass is 10.0. The molecule has 7 heteroatoms. The van der Waals surface area contributed by atoms with E-state index in [1.807, 2.05) is 4.90 Å². The Labute approximate surface area is 148 Å². The topological polar surface area (TPSA) is 77.8 Å². The lowest BCUT2D eigenvalue weighted by Gasteiger charge is -2.38. The van der Waals surface area contributed by atoms with E-state index in [0.29, 0.717) is 24.4 Å². The minimum atomic E-state index is -0.346. The molecule has 2 fully saturated rings. The number of carbonyl (C=O) groups is 2. The molecule has 1 saturated heterocycles. The Kier molecular flexibility index (Phi) is 5.96. The first kappa shape index (κ1) is 17.8. The molecule has 0 spiro atoms. The van der Waals surface area contributed by atoms with E-state index in [4.69, 9.17) is 4.42 Å². The van der Waals surface area contributed by atoms with Crippen LogP contribution in [0.3, 0.4) is 0 Å². The van der Waals surface area contributed by atoms with Gasteiger partial charge in [0.2, 0.25) is 5.91 Å². The maximum Gasteiger partial charge on any atom is 0.315 e. The summed E-state index contributed by atoms with van der Waals surface area (Å²) in [6.45, 7) is 5.71. The van der Waals surface area contributed by atoms with Gasteiger partial charge in [-0.05, 0) is 44.4 Å². The molecule has 3 amide bonds. The fourth-order valence-electron chi connectivity index (χ4n) is 3.46. The maximum atomic E-state index is 12.7. The molecule has 2 heterocycles. The van der Waals surface area contributed by atoms with Gasteiger partial charge in [-0.2, -0.15) is 0 Å². The number of piperidine rings is 1. The third-order valence-corrected chi connectivity index (χ3v) is 5.03. The van der Waals surface area contributed by atoms with E-state index in [2.05, 4.69) is 22.5 Å². The zero-order valence-corrected chi connectivity index (χ0v) is 14.9. The minimum Gasteiger partial charge on any atom is -0.467 e. The van der Waals surface area contributed by atoms with Gasteiger partial charge >= 0.3 is 6.03 Å². The summed E-state index contributed by atoms with van der Waals surface area (Å²) in [5.41, 5.74) is 0. The highest BCUT2D eigenvalue weighted by atomic mass is 16.3.